The van der Waals surface area contributed by atoms with E-state index < -0.39 is 0 Å². The van der Waals surface area contributed by atoms with E-state index in [9.17, 15) is 0 Å². The number of ether oxygens (including phenoxy) is 1. The summed E-state index contributed by atoms with van der Waals surface area (Å²) in [6.45, 7) is 2.96. The van der Waals surface area contributed by atoms with Crippen LogP contribution >= 0.6 is 0 Å². The van der Waals surface area contributed by atoms with E-state index in [1.54, 1.807) is 6.20 Å². The summed E-state index contributed by atoms with van der Waals surface area (Å²) in [5.74, 6) is 0.507. The van der Waals surface area contributed by atoms with E-state index in [4.69, 9.17) is 9.57 Å². The second-order valence-electron chi connectivity index (χ2n) is 2.49. The Kier molecular flexibility index (Phi) is 1.69. The van der Waals surface area contributed by atoms with Crippen molar-refractivity contribution in [2.45, 2.75) is 6.92 Å². The van der Waals surface area contributed by atoms with Crippen molar-refractivity contribution in [3.8, 4) is 0 Å². The molecule has 0 amide bonds. The number of hydrogen-bond donors (Lipinski definition) is 1. The lowest BCUT2D eigenvalue weighted by Gasteiger charge is -2.12. The maximum atomic E-state index is 5.27. The summed E-state index contributed by atoms with van der Waals surface area (Å²) in [5, 5.41) is 10.4. The van der Waals surface area contributed by atoms with Crippen LogP contribution in [0.25, 0.3) is 0 Å². The van der Waals surface area contributed by atoms with Crippen LogP contribution in [0.2, 0.25) is 0 Å². The second kappa shape index (κ2) is 2.84. The molecule has 0 unspecified atom stereocenters. The van der Waals surface area contributed by atoms with E-state index in [-0.39, 0.29) is 0 Å². The highest BCUT2D eigenvalue weighted by Crippen LogP contribution is 2.08. The third-order valence-corrected chi connectivity index (χ3v) is 1.62. The molecule has 5 nitrogen and oxygen atoms in total. The molecule has 1 N–H and O–H groups in total. The molecular weight excluding hydrogens is 158 g/mol. The van der Waals surface area contributed by atoms with Crippen LogP contribution in [0.15, 0.2) is 11.4 Å². The van der Waals surface area contributed by atoms with E-state index in [1.807, 2.05) is 6.92 Å². The number of hydrogen-bond acceptors (Lipinski definition) is 4. The number of aromatic nitrogens is 2. The molecule has 64 valence electrons. The normalized spacial score (nSPS) is 16.2. The predicted molar refractivity (Wildman–Crippen MR) is 41.8 cm³/mol. The molecule has 0 saturated heterocycles. The van der Waals surface area contributed by atoms with Crippen molar-refractivity contribution in [1.29, 1.82) is 0 Å². The summed E-state index contributed by atoms with van der Waals surface area (Å²) < 4.78 is 5.27. The van der Waals surface area contributed by atoms with Gasteiger partial charge in [-0.05, 0) is 12.1 Å². The van der Waals surface area contributed by atoms with E-state index >= 15 is 0 Å². The number of aryl methyl sites for hydroxylation is 1. The number of H-pyrrole nitrogens is 1. The van der Waals surface area contributed by atoms with Gasteiger partial charge in [0.1, 0.15) is 6.61 Å². The summed E-state index contributed by atoms with van der Waals surface area (Å²) in [6, 6.07) is 0. The molecule has 5 heteroatoms. The largest absolute Gasteiger partial charge is 0.471 e. The van der Waals surface area contributed by atoms with Gasteiger partial charge in [-0.1, -0.05) is 0 Å². The zero-order valence-corrected chi connectivity index (χ0v) is 6.70. The van der Waals surface area contributed by atoms with Gasteiger partial charge in [0.2, 0.25) is 0 Å². The smallest absolute Gasteiger partial charge is 0.261 e. The van der Waals surface area contributed by atoms with Crippen LogP contribution in [0, 0.1) is 6.92 Å². The molecule has 12 heavy (non-hydrogen) atoms. The Morgan fingerprint density at radius 1 is 1.50 bits per heavy atom. The van der Waals surface area contributed by atoms with Crippen molar-refractivity contribution >= 4 is 5.90 Å². The molecule has 0 atom stereocenters. The van der Waals surface area contributed by atoms with Gasteiger partial charge in [-0.3, -0.25) is 5.10 Å². The monoisotopic (exact) mass is 167 g/mol. The lowest BCUT2D eigenvalue weighted by molar-refractivity contribution is 0.0655. The number of nitrogens with zero attached hydrogens (tertiary/aromatic N) is 2. The molecule has 0 aliphatic carbocycles. The molecule has 0 spiro atoms. The standard InChI is InChI=1S/C7H9N3O2/c1-5-6(4-8-9-5)7-10-12-3-2-11-7/h4H,2-3H2,1H3,(H,8,9). The van der Waals surface area contributed by atoms with E-state index in [1.165, 1.54) is 0 Å². The fourth-order valence-corrected chi connectivity index (χ4v) is 0.999. The van der Waals surface area contributed by atoms with Crippen LogP contribution in [0.4, 0.5) is 0 Å². The average molecular weight is 167 g/mol. The maximum absolute atomic E-state index is 5.27. The van der Waals surface area contributed by atoms with Crippen molar-refractivity contribution in [2.24, 2.45) is 5.16 Å². The third-order valence-electron chi connectivity index (χ3n) is 1.62. The molecule has 1 aromatic rings. The molecule has 1 aliphatic rings. The van der Waals surface area contributed by atoms with Crippen LogP contribution in [0.1, 0.15) is 11.3 Å². The van der Waals surface area contributed by atoms with Gasteiger partial charge in [0.25, 0.3) is 5.90 Å². The number of oxime groups is 1. The van der Waals surface area contributed by atoms with Crippen molar-refractivity contribution in [1.82, 2.24) is 10.2 Å². The minimum atomic E-state index is 0.507. The first-order valence-electron chi connectivity index (χ1n) is 3.71. The van der Waals surface area contributed by atoms with Crippen LogP contribution < -0.4 is 0 Å². The first-order chi connectivity index (χ1) is 5.88. The SMILES string of the molecule is Cc1[nH]ncc1C1=NOCCO1. The van der Waals surface area contributed by atoms with Crippen LogP contribution in [0.5, 0.6) is 0 Å². The number of nitrogens with one attached hydrogen (secondary N) is 1. The fourth-order valence-electron chi connectivity index (χ4n) is 0.999. The molecule has 2 heterocycles. The lowest BCUT2D eigenvalue weighted by atomic mass is 10.3. The lowest BCUT2D eigenvalue weighted by Crippen LogP contribution is -2.17. The van der Waals surface area contributed by atoms with Gasteiger partial charge in [-0.15, -0.1) is 0 Å². The van der Waals surface area contributed by atoms with Crippen molar-refractivity contribution < 1.29 is 9.57 Å². The molecule has 0 fully saturated rings. The Bertz CT molecular complexity index is 305. The minimum absolute atomic E-state index is 0.507. The zero-order valence-electron chi connectivity index (χ0n) is 6.70. The van der Waals surface area contributed by atoms with Gasteiger partial charge in [0.15, 0.2) is 6.61 Å². The summed E-state index contributed by atoms with van der Waals surface area (Å²) in [4.78, 5) is 4.88. The minimum Gasteiger partial charge on any atom is -0.471 e. The maximum Gasteiger partial charge on any atom is 0.261 e. The quantitative estimate of drug-likeness (QED) is 0.659. The fraction of sp³-hybridized carbons (Fsp3) is 0.429. The molecule has 1 aromatic heterocycles. The highest BCUT2D eigenvalue weighted by molar-refractivity contribution is 5.94. The Morgan fingerprint density at radius 2 is 2.42 bits per heavy atom. The Hall–Kier alpha value is -1.52. The van der Waals surface area contributed by atoms with Crippen molar-refractivity contribution in [2.75, 3.05) is 13.2 Å². The van der Waals surface area contributed by atoms with Gasteiger partial charge < -0.3 is 9.57 Å². The highest BCUT2D eigenvalue weighted by Gasteiger charge is 2.13. The third kappa shape index (κ3) is 1.13. The summed E-state index contributed by atoms with van der Waals surface area (Å²) in [7, 11) is 0. The number of aromatic amines is 1. The molecule has 0 aromatic carbocycles. The average Bonchev–Trinajstić information content (AvgIpc) is 2.53. The summed E-state index contributed by atoms with van der Waals surface area (Å²) in [6.07, 6.45) is 1.67. The van der Waals surface area contributed by atoms with Gasteiger partial charge in [0.05, 0.1) is 11.8 Å². The van der Waals surface area contributed by atoms with Gasteiger partial charge in [0, 0.05) is 5.69 Å². The summed E-state index contributed by atoms with van der Waals surface area (Å²) >= 11 is 0. The van der Waals surface area contributed by atoms with Crippen LogP contribution in [-0.2, 0) is 9.57 Å². The van der Waals surface area contributed by atoms with Crippen molar-refractivity contribution in [3.05, 3.63) is 17.5 Å². The summed E-state index contributed by atoms with van der Waals surface area (Å²) in [5.41, 5.74) is 1.79. The van der Waals surface area contributed by atoms with Crippen LogP contribution in [-0.4, -0.2) is 29.3 Å². The topological polar surface area (TPSA) is 59.5 Å². The predicted octanol–water partition coefficient (Wildman–Crippen LogP) is 0.427. The van der Waals surface area contributed by atoms with Gasteiger partial charge >= 0.3 is 0 Å². The molecule has 0 saturated carbocycles. The highest BCUT2D eigenvalue weighted by atomic mass is 16.7. The van der Waals surface area contributed by atoms with Gasteiger partial charge in [-0.2, -0.15) is 5.10 Å². The Labute approximate surface area is 69.4 Å². The second-order valence-corrected chi connectivity index (χ2v) is 2.49. The van der Waals surface area contributed by atoms with Crippen molar-refractivity contribution in [3.63, 3.8) is 0 Å². The number of rotatable bonds is 1. The van der Waals surface area contributed by atoms with Gasteiger partial charge in [-0.25, -0.2) is 0 Å². The molecule has 2 rings (SSSR count). The van der Waals surface area contributed by atoms with Crippen LogP contribution in [0.3, 0.4) is 0 Å². The molecular formula is C7H9N3O2. The van der Waals surface area contributed by atoms with E-state index in [0.717, 1.165) is 11.3 Å². The molecule has 0 bridgehead atoms. The first-order valence-corrected chi connectivity index (χ1v) is 3.71. The first kappa shape index (κ1) is 7.15. The Balaban J connectivity index is 2.29. The molecule has 0 radical (unpaired) electrons. The van der Waals surface area contributed by atoms with E-state index in [0.29, 0.717) is 19.1 Å². The van der Waals surface area contributed by atoms with E-state index in [2.05, 4.69) is 15.4 Å². The Morgan fingerprint density at radius 3 is 3.00 bits per heavy atom. The molecule has 1 aliphatic heterocycles. The zero-order chi connectivity index (χ0) is 8.39.